The highest BCUT2D eigenvalue weighted by Crippen LogP contribution is 2.26. The number of para-hydroxylation sites is 1. The Balaban J connectivity index is 1.92. The van der Waals surface area contributed by atoms with Crippen LogP contribution in [-0.2, 0) is 16.6 Å². The van der Waals surface area contributed by atoms with E-state index in [4.69, 9.17) is 23.2 Å². The van der Waals surface area contributed by atoms with Crippen molar-refractivity contribution in [1.82, 2.24) is 9.40 Å². The Bertz CT molecular complexity index is 1110. The standard InChI is InChI=1S/C18H17Cl2N3O2S/c1-3-23-12(2)15(14-6-4-5-7-18(14)23)11-21-22-26(24,25)13-8-9-16(19)17(20)10-13/h4-11,22H,3H2,1-2H3/b21-11+. The number of aromatic nitrogens is 1. The monoisotopic (exact) mass is 409 g/mol. The van der Waals surface area contributed by atoms with Gasteiger partial charge in [0.15, 0.2) is 0 Å². The van der Waals surface area contributed by atoms with Crippen LogP contribution in [0.15, 0.2) is 52.5 Å². The van der Waals surface area contributed by atoms with Crippen molar-refractivity contribution >= 4 is 50.3 Å². The number of aryl methyl sites for hydroxylation is 1. The number of hydrazone groups is 1. The second-order valence-corrected chi connectivity index (χ2v) is 8.16. The van der Waals surface area contributed by atoms with Crippen LogP contribution in [0, 0.1) is 6.92 Å². The van der Waals surface area contributed by atoms with Gasteiger partial charge in [-0.2, -0.15) is 13.5 Å². The molecule has 26 heavy (non-hydrogen) atoms. The molecule has 0 amide bonds. The van der Waals surface area contributed by atoms with Gasteiger partial charge in [-0.15, -0.1) is 0 Å². The van der Waals surface area contributed by atoms with Crippen LogP contribution >= 0.6 is 23.2 Å². The van der Waals surface area contributed by atoms with Crippen LogP contribution in [0.3, 0.4) is 0 Å². The number of nitrogens with one attached hydrogen (secondary N) is 1. The summed E-state index contributed by atoms with van der Waals surface area (Å²) in [7, 11) is -3.83. The number of hydrogen-bond acceptors (Lipinski definition) is 3. The van der Waals surface area contributed by atoms with E-state index in [1.54, 1.807) is 0 Å². The molecule has 0 saturated heterocycles. The van der Waals surface area contributed by atoms with Crippen LogP contribution < -0.4 is 4.83 Å². The SMILES string of the molecule is CCn1c(C)c(/C=N/NS(=O)(=O)c2ccc(Cl)c(Cl)c2)c2ccccc21. The molecule has 0 aliphatic carbocycles. The van der Waals surface area contributed by atoms with Gasteiger partial charge in [-0.1, -0.05) is 41.4 Å². The summed E-state index contributed by atoms with van der Waals surface area (Å²) in [6, 6.07) is 12.0. The lowest BCUT2D eigenvalue weighted by atomic mass is 10.1. The lowest BCUT2D eigenvalue weighted by molar-refractivity contribution is 0.584. The topological polar surface area (TPSA) is 63.5 Å². The van der Waals surface area contributed by atoms with Crippen molar-refractivity contribution in [3.05, 3.63) is 63.8 Å². The normalized spacial score (nSPS) is 12.2. The minimum atomic E-state index is -3.83. The summed E-state index contributed by atoms with van der Waals surface area (Å²) in [5.41, 5.74) is 2.98. The minimum absolute atomic E-state index is 0.00300. The largest absolute Gasteiger partial charge is 0.344 e. The molecule has 3 rings (SSSR count). The molecule has 0 bridgehead atoms. The Kier molecular flexibility index (Phi) is 5.27. The summed E-state index contributed by atoms with van der Waals surface area (Å²) >= 11 is 11.7. The first-order valence-corrected chi connectivity index (χ1v) is 10.2. The van der Waals surface area contributed by atoms with E-state index in [1.807, 2.05) is 31.2 Å². The maximum Gasteiger partial charge on any atom is 0.276 e. The highest BCUT2D eigenvalue weighted by molar-refractivity contribution is 7.89. The second-order valence-electron chi connectivity index (χ2n) is 5.69. The quantitative estimate of drug-likeness (QED) is 0.494. The molecule has 0 spiro atoms. The smallest absolute Gasteiger partial charge is 0.276 e. The van der Waals surface area contributed by atoms with E-state index in [2.05, 4.69) is 21.4 Å². The van der Waals surface area contributed by atoms with Gasteiger partial charge >= 0.3 is 0 Å². The molecule has 5 nitrogen and oxygen atoms in total. The van der Waals surface area contributed by atoms with Crippen LogP contribution in [0.25, 0.3) is 10.9 Å². The Labute approximate surface area is 162 Å². The lowest BCUT2D eigenvalue weighted by Crippen LogP contribution is -2.18. The predicted molar refractivity (Wildman–Crippen MR) is 107 cm³/mol. The summed E-state index contributed by atoms with van der Waals surface area (Å²) in [4.78, 5) is 2.22. The van der Waals surface area contributed by atoms with Gasteiger partial charge in [-0.05, 0) is 38.1 Å². The lowest BCUT2D eigenvalue weighted by Gasteiger charge is -2.05. The van der Waals surface area contributed by atoms with E-state index in [0.29, 0.717) is 0 Å². The number of hydrogen-bond donors (Lipinski definition) is 1. The van der Waals surface area contributed by atoms with Crippen molar-refractivity contribution in [2.75, 3.05) is 0 Å². The minimum Gasteiger partial charge on any atom is -0.344 e. The van der Waals surface area contributed by atoms with Crippen LogP contribution in [0.4, 0.5) is 0 Å². The van der Waals surface area contributed by atoms with Crippen LogP contribution in [-0.4, -0.2) is 19.2 Å². The van der Waals surface area contributed by atoms with Crippen molar-refractivity contribution in [3.8, 4) is 0 Å². The van der Waals surface area contributed by atoms with E-state index in [1.165, 1.54) is 24.4 Å². The molecular weight excluding hydrogens is 393 g/mol. The van der Waals surface area contributed by atoms with Gasteiger partial charge in [0.1, 0.15) is 0 Å². The molecule has 1 N–H and O–H groups in total. The molecule has 3 aromatic rings. The highest BCUT2D eigenvalue weighted by Gasteiger charge is 2.15. The van der Waals surface area contributed by atoms with Crippen LogP contribution in [0.1, 0.15) is 18.2 Å². The molecule has 1 heterocycles. The van der Waals surface area contributed by atoms with Crippen molar-refractivity contribution in [3.63, 3.8) is 0 Å². The third kappa shape index (κ3) is 3.45. The zero-order valence-corrected chi connectivity index (χ0v) is 16.5. The first-order valence-electron chi connectivity index (χ1n) is 7.93. The number of halogens is 2. The molecule has 0 fully saturated rings. The van der Waals surface area contributed by atoms with Gasteiger partial charge in [-0.3, -0.25) is 0 Å². The van der Waals surface area contributed by atoms with Crippen molar-refractivity contribution in [2.24, 2.45) is 5.10 Å². The Morgan fingerprint density at radius 1 is 1.15 bits per heavy atom. The van der Waals surface area contributed by atoms with Gasteiger partial charge in [0.25, 0.3) is 10.0 Å². The molecule has 2 aromatic carbocycles. The number of fused-ring (bicyclic) bond motifs is 1. The number of sulfonamides is 1. The second kappa shape index (κ2) is 7.31. The fourth-order valence-corrected chi connectivity index (χ4v) is 4.07. The highest BCUT2D eigenvalue weighted by atomic mass is 35.5. The summed E-state index contributed by atoms with van der Waals surface area (Å²) in [5, 5.41) is 5.42. The molecule has 0 unspecified atom stereocenters. The number of benzene rings is 2. The zero-order valence-electron chi connectivity index (χ0n) is 14.2. The molecule has 0 radical (unpaired) electrons. The maximum absolute atomic E-state index is 12.4. The average Bonchev–Trinajstić information content (AvgIpc) is 2.88. The fourth-order valence-electron chi connectivity index (χ4n) is 2.89. The van der Waals surface area contributed by atoms with Crippen LogP contribution in [0.2, 0.25) is 10.0 Å². The maximum atomic E-state index is 12.4. The Morgan fingerprint density at radius 3 is 2.58 bits per heavy atom. The average molecular weight is 410 g/mol. The van der Waals surface area contributed by atoms with Crippen molar-refractivity contribution in [2.45, 2.75) is 25.3 Å². The predicted octanol–water partition coefficient (Wildman–Crippen LogP) is 4.59. The number of rotatable bonds is 5. The Hall–Kier alpha value is -2.02. The fraction of sp³-hybridized carbons (Fsp3) is 0.167. The summed E-state index contributed by atoms with van der Waals surface area (Å²) in [5.74, 6) is 0. The molecule has 0 saturated carbocycles. The van der Waals surface area contributed by atoms with Gasteiger partial charge in [-0.25, -0.2) is 4.83 Å². The Morgan fingerprint density at radius 2 is 1.88 bits per heavy atom. The molecule has 0 aliphatic heterocycles. The van der Waals surface area contributed by atoms with E-state index in [0.717, 1.165) is 28.7 Å². The summed E-state index contributed by atoms with van der Waals surface area (Å²) in [6.07, 6.45) is 1.53. The van der Waals surface area contributed by atoms with Crippen molar-refractivity contribution in [1.29, 1.82) is 0 Å². The zero-order chi connectivity index (χ0) is 18.9. The van der Waals surface area contributed by atoms with Crippen molar-refractivity contribution < 1.29 is 8.42 Å². The molecule has 0 atom stereocenters. The molecule has 1 aromatic heterocycles. The summed E-state index contributed by atoms with van der Waals surface area (Å²) < 4.78 is 26.9. The molecular formula is C18H17Cl2N3O2S. The third-order valence-corrected chi connectivity index (χ3v) is 6.12. The van der Waals surface area contributed by atoms with E-state index in [-0.39, 0.29) is 14.9 Å². The van der Waals surface area contributed by atoms with Gasteiger partial charge in [0.05, 0.1) is 21.2 Å². The third-order valence-electron chi connectivity index (χ3n) is 4.16. The molecule has 136 valence electrons. The number of nitrogens with zero attached hydrogens (tertiary/aromatic N) is 2. The van der Waals surface area contributed by atoms with E-state index >= 15 is 0 Å². The van der Waals surface area contributed by atoms with Gasteiger partial charge in [0, 0.05) is 28.7 Å². The van der Waals surface area contributed by atoms with E-state index in [9.17, 15) is 8.42 Å². The van der Waals surface area contributed by atoms with Gasteiger partial charge in [0.2, 0.25) is 0 Å². The van der Waals surface area contributed by atoms with E-state index < -0.39 is 10.0 Å². The molecule has 8 heteroatoms. The van der Waals surface area contributed by atoms with Crippen LogP contribution in [0.5, 0.6) is 0 Å². The first kappa shape index (κ1) is 18.8. The molecule has 0 aliphatic rings. The van der Waals surface area contributed by atoms with Gasteiger partial charge < -0.3 is 4.57 Å². The summed E-state index contributed by atoms with van der Waals surface area (Å²) in [6.45, 7) is 4.86. The first-order chi connectivity index (χ1) is 12.3.